The van der Waals surface area contributed by atoms with E-state index in [0.717, 1.165) is 10.4 Å². The molecule has 0 spiro atoms. The highest BCUT2D eigenvalue weighted by atomic mass is 127. The minimum Gasteiger partial charge on any atom is -0.351 e. The maximum atomic E-state index is 13.8. The summed E-state index contributed by atoms with van der Waals surface area (Å²) in [5.74, 6) is 0. The van der Waals surface area contributed by atoms with Gasteiger partial charge >= 0.3 is 0 Å². The first-order valence-electron chi connectivity index (χ1n) is 9.78. The third kappa shape index (κ3) is 3.87. The van der Waals surface area contributed by atoms with E-state index in [4.69, 9.17) is 16.3 Å². The molecular weight excluding hydrogens is 599 g/mol. The first-order valence-corrected chi connectivity index (χ1v) is 12.7. The zero-order valence-electron chi connectivity index (χ0n) is 17.1. The third-order valence-corrected chi connectivity index (χ3v) is 8.05. The van der Waals surface area contributed by atoms with Crippen molar-refractivity contribution in [3.63, 3.8) is 0 Å². The summed E-state index contributed by atoms with van der Waals surface area (Å²) in [7, 11) is -4.35. The first kappa shape index (κ1) is 22.9. The molecule has 0 saturated carbocycles. The number of nitrogens with zero attached hydrogens (tertiary/aromatic N) is 6. The van der Waals surface area contributed by atoms with Crippen LogP contribution in [0.15, 0.2) is 59.8 Å². The molecule has 11 nitrogen and oxygen atoms in total. The summed E-state index contributed by atoms with van der Waals surface area (Å²) in [6, 6.07) is 12.1. The summed E-state index contributed by atoms with van der Waals surface area (Å²) in [5, 5.41) is 11.6. The standard InChI is InChI=1S/C20H14ClIN6O5S/c21-20-24-18(22)17-19(25-20)26(11-23-17)16-9-27(13-6-2-1-5-12(13)10-33-16)34(31,32)15-8-4-3-7-14(15)28(29)30/h1-8,11,16H,9-10H2. The molecule has 0 amide bonds. The molecule has 2 aromatic heterocycles. The average Bonchev–Trinajstić information content (AvgIpc) is 3.13. The first-order chi connectivity index (χ1) is 16.3. The number of ether oxygens (including phenoxy) is 1. The second-order valence-electron chi connectivity index (χ2n) is 7.26. The van der Waals surface area contributed by atoms with Crippen LogP contribution in [-0.4, -0.2) is 39.4 Å². The van der Waals surface area contributed by atoms with Crippen LogP contribution in [0.2, 0.25) is 5.28 Å². The van der Waals surface area contributed by atoms with Crippen LogP contribution >= 0.6 is 34.2 Å². The maximum Gasteiger partial charge on any atom is 0.289 e. The molecule has 1 aliphatic rings. The number of para-hydroxylation sites is 2. The molecule has 0 N–H and O–H groups in total. The van der Waals surface area contributed by atoms with Crippen molar-refractivity contribution in [2.24, 2.45) is 0 Å². The molecular formula is C20H14ClIN6O5S. The molecule has 174 valence electrons. The summed E-state index contributed by atoms with van der Waals surface area (Å²) in [5.41, 5.74) is 1.34. The van der Waals surface area contributed by atoms with Crippen LogP contribution in [0.25, 0.3) is 11.2 Å². The summed E-state index contributed by atoms with van der Waals surface area (Å²) in [6.45, 7) is -0.0889. The molecule has 0 aliphatic carbocycles. The van der Waals surface area contributed by atoms with Gasteiger partial charge in [0.05, 0.1) is 30.1 Å². The number of nitro benzene ring substituents is 1. The third-order valence-electron chi connectivity index (χ3n) is 5.31. The molecule has 1 unspecified atom stereocenters. The van der Waals surface area contributed by atoms with Crippen molar-refractivity contribution in [2.45, 2.75) is 17.7 Å². The van der Waals surface area contributed by atoms with Gasteiger partial charge in [0, 0.05) is 11.6 Å². The predicted molar refractivity (Wildman–Crippen MR) is 131 cm³/mol. The summed E-state index contributed by atoms with van der Waals surface area (Å²) in [6.07, 6.45) is 0.630. The normalized spacial score (nSPS) is 16.3. The molecule has 4 aromatic rings. The monoisotopic (exact) mass is 612 g/mol. The van der Waals surface area contributed by atoms with Crippen molar-refractivity contribution in [1.82, 2.24) is 19.5 Å². The van der Waals surface area contributed by atoms with Crippen LogP contribution < -0.4 is 4.31 Å². The van der Waals surface area contributed by atoms with Crippen molar-refractivity contribution < 1.29 is 18.1 Å². The van der Waals surface area contributed by atoms with Crippen molar-refractivity contribution in [1.29, 1.82) is 0 Å². The van der Waals surface area contributed by atoms with Crippen LogP contribution in [0, 0.1) is 13.8 Å². The highest BCUT2D eigenvalue weighted by Gasteiger charge is 2.37. The van der Waals surface area contributed by atoms with Crippen molar-refractivity contribution >= 4 is 66.8 Å². The zero-order chi connectivity index (χ0) is 24.0. The second-order valence-corrected chi connectivity index (χ2v) is 10.5. The van der Waals surface area contributed by atoms with E-state index in [9.17, 15) is 18.5 Å². The molecule has 34 heavy (non-hydrogen) atoms. The lowest BCUT2D eigenvalue weighted by molar-refractivity contribution is -0.387. The van der Waals surface area contributed by atoms with Crippen LogP contribution in [0.1, 0.15) is 11.8 Å². The molecule has 5 rings (SSSR count). The number of benzene rings is 2. The van der Waals surface area contributed by atoms with Crippen LogP contribution in [0.4, 0.5) is 11.4 Å². The molecule has 1 atom stereocenters. The number of halogens is 2. The van der Waals surface area contributed by atoms with Gasteiger partial charge in [-0.1, -0.05) is 30.3 Å². The number of fused-ring (bicyclic) bond motifs is 2. The Bertz CT molecular complexity index is 1550. The number of rotatable bonds is 4. The SMILES string of the molecule is O=[N+]([O-])c1ccccc1S(=O)(=O)N1CC(n2cnc3c(I)nc(Cl)nc32)OCc2ccccc21. The quantitative estimate of drug-likeness (QED) is 0.111. The molecule has 0 bridgehead atoms. The fraction of sp³-hybridized carbons (Fsp3) is 0.150. The average molecular weight is 613 g/mol. The van der Waals surface area contributed by atoms with Crippen LogP contribution in [0.3, 0.4) is 0 Å². The molecule has 14 heteroatoms. The molecule has 0 fully saturated rings. The van der Waals surface area contributed by atoms with Crippen LogP contribution in [-0.2, 0) is 21.4 Å². The number of sulfonamides is 1. The van der Waals surface area contributed by atoms with Gasteiger partial charge in [0.15, 0.2) is 16.8 Å². The Morgan fingerprint density at radius 2 is 1.88 bits per heavy atom. The topological polar surface area (TPSA) is 133 Å². The van der Waals surface area contributed by atoms with E-state index in [0.29, 0.717) is 26.1 Å². The van der Waals surface area contributed by atoms with Crippen LogP contribution in [0.5, 0.6) is 0 Å². The van der Waals surface area contributed by atoms with E-state index in [1.165, 1.54) is 24.5 Å². The molecule has 0 radical (unpaired) electrons. The summed E-state index contributed by atoms with van der Waals surface area (Å²) >= 11 is 8.03. The lowest BCUT2D eigenvalue weighted by atomic mass is 10.2. The summed E-state index contributed by atoms with van der Waals surface area (Å²) in [4.78, 5) is 23.1. The van der Waals surface area contributed by atoms with E-state index < -0.39 is 31.8 Å². The van der Waals surface area contributed by atoms with Gasteiger partial charge in [-0.25, -0.2) is 18.4 Å². The number of aromatic nitrogens is 4. The van der Waals surface area contributed by atoms with E-state index in [1.54, 1.807) is 28.8 Å². The molecule has 0 saturated heterocycles. The minimum absolute atomic E-state index is 0.0138. The Morgan fingerprint density at radius 1 is 1.15 bits per heavy atom. The highest BCUT2D eigenvalue weighted by Crippen LogP contribution is 2.36. The fourth-order valence-corrected chi connectivity index (χ4v) is 6.34. The summed E-state index contributed by atoms with van der Waals surface area (Å²) < 4.78 is 36.9. The number of anilines is 1. The molecule has 1 aliphatic heterocycles. The van der Waals surface area contributed by atoms with Gasteiger partial charge in [-0.3, -0.25) is 19.0 Å². The van der Waals surface area contributed by atoms with Gasteiger partial charge in [0.25, 0.3) is 15.7 Å². The lowest BCUT2D eigenvalue weighted by Crippen LogP contribution is -2.36. The van der Waals surface area contributed by atoms with E-state index in [1.807, 2.05) is 22.6 Å². The second kappa shape index (κ2) is 8.72. The van der Waals surface area contributed by atoms with Crippen molar-refractivity contribution in [2.75, 3.05) is 10.8 Å². The molecule has 2 aromatic carbocycles. The Hall–Kier alpha value is -2.88. The number of hydrogen-bond donors (Lipinski definition) is 0. The Kier molecular flexibility index (Phi) is 5.87. The van der Waals surface area contributed by atoms with Crippen molar-refractivity contribution in [3.8, 4) is 0 Å². The predicted octanol–water partition coefficient (Wildman–Crippen LogP) is 3.92. The highest BCUT2D eigenvalue weighted by molar-refractivity contribution is 14.1. The van der Waals surface area contributed by atoms with Gasteiger partial charge in [-0.15, -0.1) is 0 Å². The van der Waals surface area contributed by atoms with Gasteiger partial charge in [-0.05, 0) is 46.3 Å². The van der Waals surface area contributed by atoms with Crippen molar-refractivity contribution in [3.05, 3.63) is 79.5 Å². The van der Waals surface area contributed by atoms with Gasteiger partial charge < -0.3 is 4.74 Å². The van der Waals surface area contributed by atoms with Gasteiger partial charge in [0.2, 0.25) is 5.28 Å². The largest absolute Gasteiger partial charge is 0.351 e. The number of hydrogen-bond acceptors (Lipinski definition) is 8. The minimum atomic E-state index is -4.35. The smallest absolute Gasteiger partial charge is 0.289 e. The van der Waals surface area contributed by atoms with Gasteiger partial charge in [-0.2, -0.15) is 4.98 Å². The van der Waals surface area contributed by atoms with E-state index in [2.05, 4.69) is 15.0 Å². The number of imidazole rings is 1. The lowest BCUT2D eigenvalue weighted by Gasteiger charge is -2.27. The number of nitro groups is 1. The zero-order valence-corrected chi connectivity index (χ0v) is 20.8. The fourth-order valence-electron chi connectivity index (χ4n) is 3.76. The Labute approximate surface area is 211 Å². The van der Waals surface area contributed by atoms with E-state index >= 15 is 0 Å². The Morgan fingerprint density at radius 3 is 2.68 bits per heavy atom. The van der Waals surface area contributed by atoms with E-state index in [-0.39, 0.29) is 18.4 Å². The molecule has 3 heterocycles. The maximum absolute atomic E-state index is 13.8. The van der Waals surface area contributed by atoms with Gasteiger partial charge in [0.1, 0.15) is 9.22 Å². The Balaban J connectivity index is 1.66.